The molecule has 0 spiro atoms. The molecule has 0 saturated carbocycles. The van der Waals surface area contributed by atoms with Gasteiger partial charge in [-0.1, -0.05) is 36.7 Å². The maximum atomic E-state index is 15.2. The van der Waals surface area contributed by atoms with Crippen LogP contribution in [-0.2, 0) is 6.42 Å². The normalized spacial score (nSPS) is 10.7. The van der Waals surface area contributed by atoms with Crippen molar-refractivity contribution in [3.8, 4) is 28.4 Å². The average molecular weight is 418 g/mol. The van der Waals surface area contributed by atoms with Crippen LogP contribution in [0.2, 0.25) is 5.02 Å². The van der Waals surface area contributed by atoms with E-state index in [1.807, 2.05) is 6.07 Å². The highest BCUT2D eigenvalue weighted by Crippen LogP contribution is 2.44. The Kier molecular flexibility index (Phi) is 6.03. The van der Waals surface area contributed by atoms with Crippen LogP contribution in [0.1, 0.15) is 22.8 Å². The highest BCUT2D eigenvalue weighted by Gasteiger charge is 2.27. The van der Waals surface area contributed by atoms with E-state index in [1.165, 1.54) is 19.2 Å². The summed E-state index contributed by atoms with van der Waals surface area (Å²) in [6.07, 6.45) is 0.326. The molecule has 0 bridgehead atoms. The second-order valence-electron chi connectivity index (χ2n) is 6.16. The SMILES string of the molecule is CCc1c(Oc2ccccc2)cc(F)c(Cl)c1-c1c(C(N)=O)ccc(OC)c1F. The van der Waals surface area contributed by atoms with Crippen LogP contribution in [0.4, 0.5) is 8.78 Å². The molecule has 0 fully saturated rings. The van der Waals surface area contributed by atoms with Crippen molar-refractivity contribution in [2.45, 2.75) is 13.3 Å². The molecule has 2 N–H and O–H groups in total. The Labute approximate surface area is 171 Å². The number of halogens is 3. The Morgan fingerprint density at radius 1 is 1.07 bits per heavy atom. The molecule has 7 heteroatoms. The minimum Gasteiger partial charge on any atom is -0.494 e. The summed E-state index contributed by atoms with van der Waals surface area (Å²) >= 11 is 6.24. The summed E-state index contributed by atoms with van der Waals surface area (Å²) in [4.78, 5) is 12.0. The molecule has 0 aliphatic heterocycles. The number of hydrogen-bond acceptors (Lipinski definition) is 3. The van der Waals surface area contributed by atoms with Crippen molar-refractivity contribution >= 4 is 17.5 Å². The number of carbonyl (C=O) groups excluding carboxylic acids is 1. The van der Waals surface area contributed by atoms with E-state index in [1.54, 1.807) is 31.2 Å². The number of primary amides is 1. The van der Waals surface area contributed by atoms with Crippen molar-refractivity contribution in [2.75, 3.05) is 7.11 Å². The lowest BCUT2D eigenvalue weighted by atomic mass is 9.92. The Bertz CT molecular complexity index is 1070. The van der Waals surface area contributed by atoms with Crippen LogP contribution in [0.15, 0.2) is 48.5 Å². The number of nitrogens with two attached hydrogens (primary N) is 1. The summed E-state index contributed by atoms with van der Waals surface area (Å²) in [6, 6.07) is 12.5. The number of methoxy groups -OCH3 is 1. The van der Waals surface area contributed by atoms with Gasteiger partial charge in [-0.25, -0.2) is 8.78 Å². The van der Waals surface area contributed by atoms with Crippen LogP contribution in [0.3, 0.4) is 0 Å². The second-order valence-corrected chi connectivity index (χ2v) is 6.54. The first-order valence-corrected chi connectivity index (χ1v) is 9.17. The highest BCUT2D eigenvalue weighted by atomic mass is 35.5. The summed E-state index contributed by atoms with van der Waals surface area (Å²) in [5.74, 6) is -2.06. The van der Waals surface area contributed by atoms with Gasteiger partial charge in [0, 0.05) is 22.8 Å². The molecule has 1 amide bonds. The van der Waals surface area contributed by atoms with Crippen molar-refractivity contribution in [3.05, 3.63) is 76.3 Å². The maximum absolute atomic E-state index is 15.2. The molecule has 0 saturated heterocycles. The third kappa shape index (κ3) is 3.89. The summed E-state index contributed by atoms with van der Waals surface area (Å²) in [7, 11) is 1.28. The number of carbonyl (C=O) groups is 1. The van der Waals surface area contributed by atoms with Crippen LogP contribution in [-0.4, -0.2) is 13.0 Å². The van der Waals surface area contributed by atoms with E-state index in [4.69, 9.17) is 26.8 Å². The third-order valence-electron chi connectivity index (χ3n) is 4.45. The number of ether oxygens (including phenoxy) is 2. The summed E-state index contributed by atoms with van der Waals surface area (Å²) in [5.41, 5.74) is 5.50. The monoisotopic (exact) mass is 417 g/mol. The third-order valence-corrected chi connectivity index (χ3v) is 4.82. The lowest BCUT2D eigenvalue weighted by molar-refractivity contribution is 0.100. The zero-order valence-corrected chi connectivity index (χ0v) is 16.5. The fourth-order valence-electron chi connectivity index (χ4n) is 3.12. The summed E-state index contributed by atoms with van der Waals surface area (Å²) in [6.45, 7) is 1.78. The van der Waals surface area contributed by atoms with Gasteiger partial charge in [0.25, 0.3) is 0 Å². The van der Waals surface area contributed by atoms with E-state index in [0.717, 1.165) is 6.07 Å². The Morgan fingerprint density at radius 2 is 1.76 bits per heavy atom. The zero-order chi connectivity index (χ0) is 21.1. The predicted molar refractivity (Wildman–Crippen MR) is 108 cm³/mol. The van der Waals surface area contributed by atoms with Crippen molar-refractivity contribution in [3.63, 3.8) is 0 Å². The van der Waals surface area contributed by atoms with E-state index >= 15 is 4.39 Å². The van der Waals surface area contributed by atoms with E-state index in [9.17, 15) is 9.18 Å². The molecular weight excluding hydrogens is 400 g/mol. The first-order valence-electron chi connectivity index (χ1n) is 8.79. The summed E-state index contributed by atoms with van der Waals surface area (Å²) in [5, 5.41) is -0.336. The number of amides is 1. The van der Waals surface area contributed by atoms with Gasteiger partial charge in [-0.2, -0.15) is 0 Å². The average Bonchev–Trinajstić information content (AvgIpc) is 2.71. The molecule has 0 heterocycles. The van der Waals surface area contributed by atoms with Gasteiger partial charge in [-0.05, 0) is 30.7 Å². The standard InChI is InChI=1S/C22H18ClF2NO3/c1-3-13-17(29-12-7-5-4-6-8-12)11-15(24)20(23)18(13)19-14(22(26)27)9-10-16(28-2)21(19)25/h4-11H,3H2,1-2H3,(H2,26,27). The topological polar surface area (TPSA) is 61.5 Å². The first-order chi connectivity index (χ1) is 13.9. The molecule has 3 rings (SSSR count). The van der Waals surface area contributed by atoms with Crippen LogP contribution < -0.4 is 15.2 Å². The van der Waals surface area contributed by atoms with Gasteiger partial charge in [0.05, 0.1) is 17.7 Å². The molecule has 0 aliphatic rings. The Morgan fingerprint density at radius 3 is 2.34 bits per heavy atom. The minimum atomic E-state index is -0.880. The molecule has 0 radical (unpaired) electrons. The fourth-order valence-corrected chi connectivity index (χ4v) is 3.39. The van der Waals surface area contributed by atoms with Gasteiger partial charge in [-0.15, -0.1) is 0 Å². The van der Waals surface area contributed by atoms with Crippen LogP contribution in [0, 0.1) is 11.6 Å². The summed E-state index contributed by atoms with van der Waals surface area (Å²) < 4.78 is 40.8. The second kappa shape index (κ2) is 8.49. The number of hydrogen-bond donors (Lipinski definition) is 1. The molecule has 0 aromatic heterocycles. The number of benzene rings is 3. The van der Waals surface area contributed by atoms with Gasteiger partial charge in [-0.3, -0.25) is 4.79 Å². The van der Waals surface area contributed by atoms with Crippen molar-refractivity contribution < 1.29 is 23.0 Å². The largest absolute Gasteiger partial charge is 0.494 e. The maximum Gasteiger partial charge on any atom is 0.249 e. The number of para-hydroxylation sites is 1. The van der Waals surface area contributed by atoms with Crippen LogP contribution >= 0.6 is 11.6 Å². The fraction of sp³-hybridized carbons (Fsp3) is 0.136. The highest BCUT2D eigenvalue weighted by molar-refractivity contribution is 6.34. The van der Waals surface area contributed by atoms with Crippen LogP contribution in [0.25, 0.3) is 11.1 Å². The minimum absolute atomic E-state index is 0.00491. The van der Waals surface area contributed by atoms with Crippen molar-refractivity contribution in [1.82, 2.24) is 0 Å². The van der Waals surface area contributed by atoms with E-state index < -0.39 is 17.5 Å². The molecule has 4 nitrogen and oxygen atoms in total. The quantitative estimate of drug-likeness (QED) is 0.555. The van der Waals surface area contributed by atoms with Gasteiger partial charge in [0.15, 0.2) is 11.6 Å². The Hall–Kier alpha value is -3.12. The van der Waals surface area contributed by atoms with Gasteiger partial charge in [0.2, 0.25) is 5.91 Å². The lowest BCUT2D eigenvalue weighted by Crippen LogP contribution is -2.14. The zero-order valence-electron chi connectivity index (χ0n) is 15.8. The smallest absolute Gasteiger partial charge is 0.249 e. The van der Waals surface area contributed by atoms with Gasteiger partial charge in [0.1, 0.15) is 17.3 Å². The molecule has 3 aromatic rings. The molecule has 150 valence electrons. The van der Waals surface area contributed by atoms with Crippen molar-refractivity contribution in [1.29, 1.82) is 0 Å². The van der Waals surface area contributed by atoms with E-state index in [0.29, 0.717) is 17.7 Å². The molecule has 3 aromatic carbocycles. The van der Waals surface area contributed by atoms with Crippen LogP contribution in [0.5, 0.6) is 17.2 Å². The predicted octanol–water partition coefficient (Wildman–Crippen LogP) is 5.75. The van der Waals surface area contributed by atoms with Crippen molar-refractivity contribution in [2.24, 2.45) is 5.73 Å². The molecule has 29 heavy (non-hydrogen) atoms. The van der Waals surface area contributed by atoms with E-state index in [-0.39, 0.29) is 33.2 Å². The lowest BCUT2D eigenvalue weighted by Gasteiger charge is -2.19. The van der Waals surface area contributed by atoms with Gasteiger partial charge < -0.3 is 15.2 Å². The molecule has 0 atom stereocenters. The Balaban J connectivity index is 2.34. The first kappa shape index (κ1) is 20.6. The molecular formula is C22H18ClF2NO3. The van der Waals surface area contributed by atoms with E-state index in [2.05, 4.69) is 0 Å². The van der Waals surface area contributed by atoms with Gasteiger partial charge >= 0.3 is 0 Å². The number of rotatable bonds is 6. The molecule has 0 unspecified atom stereocenters. The molecule has 0 aliphatic carbocycles.